The van der Waals surface area contributed by atoms with E-state index in [9.17, 15) is 13.2 Å². The zero-order valence-corrected chi connectivity index (χ0v) is 16.1. The number of hydrogen-bond donors (Lipinski definition) is 1. The van der Waals surface area contributed by atoms with Crippen molar-refractivity contribution in [3.05, 3.63) is 49.1 Å². The highest BCUT2D eigenvalue weighted by Gasteiger charge is 2.27. The Bertz CT molecular complexity index is 1090. The number of nitrogens with zero attached hydrogens (tertiary/aromatic N) is 4. The maximum atomic E-state index is 12.7. The van der Waals surface area contributed by atoms with Crippen LogP contribution in [0.4, 0.5) is 5.69 Å². The van der Waals surface area contributed by atoms with Crippen LogP contribution >= 0.6 is 0 Å². The number of anilines is 1. The molecule has 0 bridgehead atoms. The van der Waals surface area contributed by atoms with Gasteiger partial charge in [-0.25, -0.2) is 13.4 Å². The van der Waals surface area contributed by atoms with Crippen LogP contribution in [0.25, 0.3) is 11.0 Å². The number of sulfonamides is 1. The van der Waals surface area contributed by atoms with Crippen molar-refractivity contribution in [1.82, 2.24) is 18.8 Å². The number of imidazole rings is 1. The molecule has 28 heavy (non-hydrogen) atoms. The van der Waals surface area contributed by atoms with Gasteiger partial charge in [0.1, 0.15) is 0 Å². The molecule has 1 N–H and O–H groups in total. The Morgan fingerprint density at radius 2 is 2.00 bits per heavy atom. The Kier molecular flexibility index (Phi) is 5.10. The Morgan fingerprint density at radius 1 is 1.18 bits per heavy atom. The van der Waals surface area contributed by atoms with Crippen LogP contribution in [0.1, 0.15) is 19.3 Å². The van der Waals surface area contributed by atoms with Crippen molar-refractivity contribution in [3.8, 4) is 0 Å². The average molecular weight is 399 g/mol. The molecule has 1 aliphatic rings. The molecule has 9 heteroatoms. The SMILES string of the molecule is O=C(CCn1cnc2cc(S(=O)(=O)N3CCCC3)ccc21)Nc1cccnc1. The molecule has 3 aromatic rings. The predicted molar refractivity (Wildman–Crippen MR) is 105 cm³/mol. The molecule has 1 saturated heterocycles. The van der Waals surface area contributed by atoms with Crippen molar-refractivity contribution < 1.29 is 13.2 Å². The van der Waals surface area contributed by atoms with E-state index >= 15 is 0 Å². The third-order valence-electron chi connectivity index (χ3n) is 4.82. The van der Waals surface area contributed by atoms with Crippen molar-refractivity contribution in [2.75, 3.05) is 18.4 Å². The average Bonchev–Trinajstić information content (AvgIpc) is 3.37. The number of carbonyl (C=O) groups is 1. The second-order valence-corrected chi connectivity index (χ2v) is 8.68. The number of amides is 1. The van der Waals surface area contributed by atoms with Gasteiger partial charge in [0, 0.05) is 32.3 Å². The Labute approximate surface area is 163 Å². The predicted octanol–water partition coefficient (Wildman–Crippen LogP) is 2.24. The lowest BCUT2D eigenvalue weighted by atomic mass is 10.3. The van der Waals surface area contributed by atoms with Gasteiger partial charge in [0.15, 0.2) is 0 Å². The largest absolute Gasteiger partial charge is 0.330 e. The van der Waals surface area contributed by atoms with Gasteiger partial charge in [-0.15, -0.1) is 0 Å². The Hall–Kier alpha value is -2.78. The van der Waals surface area contributed by atoms with Crippen LogP contribution in [-0.4, -0.2) is 46.3 Å². The first-order valence-corrected chi connectivity index (χ1v) is 10.6. The van der Waals surface area contributed by atoms with Gasteiger partial charge in [0.25, 0.3) is 0 Å². The van der Waals surface area contributed by atoms with E-state index in [2.05, 4.69) is 15.3 Å². The molecule has 3 heterocycles. The van der Waals surface area contributed by atoms with Crippen molar-refractivity contribution in [1.29, 1.82) is 0 Å². The normalized spacial score (nSPS) is 15.1. The van der Waals surface area contributed by atoms with Crippen LogP contribution < -0.4 is 5.32 Å². The van der Waals surface area contributed by atoms with Gasteiger partial charge in [-0.05, 0) is 43.2 Å². The molecule has 2 aromatic heterocycles. The van der Waals surface area contributed by atoms with Crippen molar-refractivity contribution >= 4 is 32.7 Å². The lowest BCUT2D eigenvalue weighted by molar-refractivity contribution is -0.116. The molecule has 0 aliphatic carbocycles. The number of hydrogen-bond acceptors (Lipinski definition) is 5. The van der Waals surface area contributed by atoms with Crippen molar-refractivity contribution in [2.24, 2.45) is 0 Å². The molecule has 0 saturated carbocycles. The third-order valence-corrected chi connectivity index (χ3v) is 6.72. The van der Waals surface area contributed by atoms with Gasteiger partial charge in [-0.2, -0.15) is 4.31 Å². The summed E-state index contributed by atoms with van der Waals surface area (Å²) in [5.74, 6) is -0.122. The van der Waals surface area contributed by atoms with E-state index in [-0.39, 0.29) is 17.2 Å². The minimum Gasteiger partial charge on any atom is -0.330 e. The number of aryl methyl sites for hydroxylation is 1. The first-order valence-electron chi connectivity index (χ1n) is 9.19. The summed E-state index contributed by atoms with van der Waals surface area (Å²) < 4.78 is 28.8. The third kappa shape index (κ3) is 3.76. The fourth-order valence-electron chi connectivity index (χ4n) is 3.34. The topological polar surface area (TPSA) is 97.2 Å². The van der Waals surface area contributed by atoms with E-state index < -0.39 is 10.0 Å². The van der Waals surface area contributed by atoms with E-state index in [1.165, 1.54) is 4.31 Å². The fourth-order valence-corrected chi connectivity index (χ4v) is 4.88. The molecule has 0 spiro atoms. The zero-order chi connectivity index (χ0) is 19.6. The van der Waals surface area contributed by atoms with Gasteiger partial charge in [0.05, 0.1) is 34.1 Å². The van der Waals surface area contributed by atoms with Gasteiger partial charge < -0.3 is 9.88 Å². The van der Waals surface area contributed by atoms with E-state index in [0.29, 0.717) is 30.8 Å². The number of carbonyl (C=O) groups excluding carboxylic acids is 1. The highest BCUT2D eigenvalue weighted by Crippen LogP contribution is 2.24. The summed E-state index contributed by atoms with van der Waals surface area (Å²) in [7, 11) is -3.47. The molecule has 1 amide bonds. The summed E-state index contributed by atoms with van der Waals surface area (Å²) in [6.07, 6.45) is 6.94. The number of nitrogens with one attached hydrogen (secondary N) is 1. The van der Waals surface area contributed by atoms with E-state index in [0.717, 1.165) is 18.4 Å². The summed E-state index contributed by atoms with van der Waals surface area (Å²) >= 11 is 0. The summed E-state index contributed by atoms with van der Waals surface area (Å²) in [6, 6.07) is 8.51. The summed E-state index contributed by atoms with van der Waals surface area (Å²) in [6.45, 7) is 1.59. The second-order valence-electron chi connectivity index (χ2n) is 6.74. The highest BCUT2D eigenvalue weighted by atomic mass is 32.2. The highest BCUT2D eigenvalue weighted by molar-refractivity contribution is 7.89. The van der Waals surface area contributed by atoms with Crippen LogP contribution in [0.3, 0.4) is 0 Å². The Morgan fingerprint density at radius 3 is 2.75 bits per heavy atom. The van der Waals surface area contributed by atoms with E-state index in [4.69, 9.17) is 0 Å². The number of rotatable bonds is 6. The minimum absolute atomic E-state index is 0.122. The lowest BCUT2D eigenvalue weighted by Crippen LogP contribution is -2.27. The molecular weight excluding hydrogens is 378 g/mol. The lowest BCUT2D eigenvalue weighted by Gasteiger charge is -2.15. The van der Waals surface area contributed by atoms with Gasteiger partial charge in [-0.3, -0.25) is 9.78 Å². The van der Waals surface area contributed by atoms with Crippen LogP contribution in [0.2, 0.25) is 0 Å². The van der Waals surface area contributed by atoms with Crippen molar-refractivity contribution in [2.45, 2.75) is 30.7 Å². The molecule has 8 nitrogen and oxygen atoms in total. The molecule has 146 valence electrons. The molecule has 1 aliphatic heterocycles. The van der Waals surface area contributed by atoms with Crippen LogP contribution in [0, 0.1) is 0 Å². The second kappa shape index (κ2) is 7.69. The molecule has 1 fully saturated rings. The molecule has 4 rings (SSSR count). The quantitative estimate of drug-likeness (QED) is 0.686. The maximum absolute atomic E-state index is 12.7. The number of benzene rings is 1. The number of aromatic nitrogens is 3. The summed E-state index contributed by atoms with van der Waals surface area (Å²) in [5, 5.41) is 2.79. The first kappa shape index (κ1) is 18.6. The number of pyridine rings is 1. The Balaban J connectivity index is 1.47. The van der Waals surface area contributed by atoms with E-state index in [1.54, 1.807) is 49.1 Å². The van der Waals surface area contributed by atoms with Gasteiger partial charge in [0.2, 0.25) is 15.9 Å². The van der Waals surface area contributed by atoms with E-state index in [1.807, 2.05) is 4.57 Å². The van der Waals surface area contributed by atoms with Crippen LogP contribution in [-0.2, 0) is 21.4 Å². The minimum atomic E-state index is -3.47. The monoisotopic (exact) mass is 399 g/mol. The molecule has 0 radical (unpaired) electrons. The molecule has 0 atom stereocenters. The standard InChI is InChI=1S/C19H21N5O3S/c25-19(22-15-4-3-8-20-13-15)7-11-23-14-21-17-12-16(5-6-18(17)23)28(26,27)24-9-1-2-10-24/h3-6,8,12-14H,1-2,7,9-11H2,(H,22,25). The smallest absolute Gasteiger partial charge is 0.243 e. The molecular formula is C19H21N5O3S. The fraction of sp³-hybridized carbons (Fsp3) is 0.316. The maximum Gasteiger partial charge on any atom is 0.243 e. The van der Waals surface area contributed by atoms with Crippen molar-refractivity contribution in [3.63, 3.8) is 0 Å². The first-order chi connectivity index (χ1) is 13.5. The van der Waals surface area contributed by atoms with Crippen LogP contribution in [0.15, 0.2) is 53.9 Å². The zero-order valence-electron chi connectivity index (χ0n) is 15.3. The van der Waals surface area contributed by atoms with Gasteiger partial charge in [-0.1, -0.05) is 0 Å². The molecule has 1 aromatic carbocycles. The molecule has 0 unspecified atom stereocenters. The van der Waals surface area contributed by atoms with Crippen LogP contribution in [0.5, 0.6) is 0 Å². The summed E-state index contributed by atoms with van der Waals surface area (Å²) in [4.78, 5) is 20.7. The number of fused-ring (bicyclic) bond motifs is 1. The summed E-state index contributed by atoms with van der Waals surface area (Å²) in [5.41, 5.74) is 2.06. The van der Waals surface area contributed by atoms with Gasteiger partial charge >= 0.3 is 0 Å².